The summed E-state index contributed by atoms with van der Waals surface area (Å²) in [5.74, 6) is 1.96. The van der Waals surface area contributed by atoms with Crippen LogP contribution in [0.15, 0.2) is 0 Å². The summed E-state index contributed by atoms with van der Waals surface area (Å²) in [7, 11) is 0. The summed E-state index contributed by atoms with van der Waals surface area (Å²) >= 11 is 0. The average molecular weight is 211 g/mol. The Morgan fingerprint density at radius 1 is 1.27 bits per heavy atom. The van der Waals surface area contributed by atoms with Gasteiger partial charge < -0.3 is 5.32 Å². The van der Waals surface area contributed by atoms with Crippen molar-refractivity contribution in [2.24, 2.45) is 11.8 Å². The molecule has 0 aromatic heterocycles. The van der Waals surface area contributed by atoms with Crippen molar-refractivity contribution in [1.82, 2.24) is 5.32 Å². The van der Waals surface area contributed by atoms with Crippen molar-refractivity contribution in [1.29, 1.82) is 0 Å². The van der Waals surface area contributed by atoms with E-state index < -0.39 is 0 Å². The molecule has 1 fully saturated rings. The topological polar surface area (TPSA) is 12.0 Å². The van der Waals surface area contributed by atoms with E-state index in [1.54, 1.807) is 0 Å². The zero-order valence-electron chi connectivity index (χ0n) is 10.7. The highest BCUT2D eigenvalue weighted by atomic mass is 14.9. The minimum atomic E-state index is 0.967. The van der Waals surface area contributed by atoms with Crippen LogP contribution < -0.4 is 5.32 Å². The second-order valence-corrected chi connectivity index (χ2v) is 5.22. The second-order valence-electron chi connectivity index (χ2n) is 5.22. The summed E-state index contributed by atoms with van der Waals surface area (Å²) < 4.78 is 0. The fourth-order valence-electron chi connectivity index (χ4n) is 2.75. The highest BCUT2D eigenvalue weighted by Crippen LogP contribution is 2.25. The third-order valence-electron chi connectivity index (χ3n) is 3.86. The predicted molar refractivity (Wildman–Crippen MR) is 68.1 cm³/mol. The van der Waals surface area contributed by atoms with Gasteiger partial charge in [-0.1, -0.05) is 46.0 Å². The fraction of sp³-hybridized carbons (Fsp3) is 1.00. The number of rotatable bonds is 6. The lowest BCUT2D eigenvalue weighted by atomic mass is 9.86. The van der Waals surface area contributed by atoms with Crippen molar-refractivity contribution < 1.29 is 0 Å². The van der Waals surface area contributed by atoms with Gasteiger partial charge >= 0.3 is 0 Å². The van der Waals surface area contributed by atoms with E-state index in [1.807, 2.05) is 0 Å². The SMILES string of the molecule is CCCCC(CC)CC1CCCCNC1. The van der Waals surface area contributed by atoms with Gasteiger partial charge in [0.05, 0.1) is 0 Å². The molecule has 0 bridgehead atoms. The Morgan fingerprint density at radius 2 is 2.13 bits per heavy atom. The molecule has 0 aromatic carbocycles. The minimum Gasteiger partial charge on any atom is -0.316 e. The molecule has 1 N–H and O–H groups in total. The Hall–Kier alpha value is -0.0400. The van der Waals surface area contributed by atoms with Crippen LogP contribution in [-0.4, -0.2) is 13.1 Å². The Labute approximate surface area is 96.0 Å². The molecular weight excluding hydrogens is 182 g/mol. The highest BCUT2D eigenvalue weighted by molar-refractivity contribution is 4.71. The Bertz CT molecular complexity index is 136. The molecule has 0 aliphatic carbocycles. The monoisotopic (exact) mass is 211 g/mol. The molecule has 1 saturated heterocycles. The number of nitrogens with one attached hydrogen (secondary N) is 1. The molecule has 2 unspecified atom stereocenters. The third kappa shape index (κ3) is 5.55. The Balaban J connectivity index is 2.22. The van der Waals surface area contributed by atoms with Crippen molar-refractivity contribution in [2.75, 3.05) is 13.1 Å². The van der Waals surface area contributed by atoms with E-state index in [2.05, 4.69) is 19.2 Å². The molecule has 0 spiro atoms. The van der Waals surface area contributed by atoms with Gasteiger partial charge in [-0.2, -0.15) is 0 Å². The lowest BCUT2D eigenvalue weighted by molar-refractivity contribution is 0.322. The van der Waals surface area contributed by atoms with E-state index in [0.29, 0.717) is 0 Å². The smallest absolute Gasteiger partial charge is 0.00204 e. The van der Waals surface area contributed by atoms with E-state index in [1.165, 1.54) is 64.5 Å². The second kappa shape index (κ2) is 8.15. The highest BCUT2D eigenvalue weighted by Gasteiger charge is 2.16. The molecule has 1 nitrogen and oxygen atoms in total. The zero-order chi connectivity index (χ0) is 10.9. The van der Waals surface area contributed by atoms with Crippen molar-refractivity contribution in [3.63, 3.8) is 0 Å². The van der Waals surface area contributed by atoms with Crippen LogP contribution in [0.4, 0.5) is 0 Å². The van der Waals surface area contributed by atoms with Crippen LogP contribution in [0.5, 0.6) is 0 Å². The van der Waals surface area contributed by atoms with Crippen LogP contribution in [0.3, 0.4) is 0 Å². The first-order valence-corrected chi connectivity index (χ1v) is 7.07. The molecule has 1 heterocycles. The first-order valence-electron chi connectivity index (χ1n) is 7.07. The van der Waals surface area contributed by atoms with E-state index in [9.17, 15) is 0 Å². The van der Waals surface area contributed by atoms with Gasteiger partial charge in [0.15, 0.2) is 0 Å². The molecule has 0 aromatic rings. The van der Waals surface area contributed by atoms with Crippen molar-refractivity contribution >= 4 is 0 Å². The van der Waals surface area contributed by atoms with E-state index in [4.69, 9.17) is 0 Å². The Kier molecular flexibility index (Phi) is 7.08. The molecule has 1 aliphatic heterocycles. The third-order valence-corrected chi connectivity index (χ3v) is 3.86. The molecule has 1 rings (SSSR count). The van der Waals surface area contributed by atoms with E-state index >= 15 is 0 Å². The van der Waals surface area contributed by atoms with Crippen LogP contribution in [0, 0.1) is 11.8 Å². The summed E-state index contributed by atoms with van der Waals surface area (Å²) in [6, 6.07) is 0. The van der Waals surface area contributed by atoms with Crippen molar-refractivity contribution in [3.05, 3.63) is 0 Å². The molecular formula is C14H29N. The van der Waals surface area contributed by atoms with Crippen molar-refractivity contribution in [3.8, 4) is 0 Å². The quantitative estimate of drug-likeness (QED) is 0.700. The lowest BCUT2D eigenvalue weighted by Gasteiger charge is -2.21. The molecule has 0 radical (unpaired) electrons. The first-order chi connectivity index (χ1) is 7.36. The summed E-state index contributed by atoms with van der Waals surface area (Å²) in [6.45, 7) is 7.20. The van der Waals surface area contributed by atoms with Gasteiger partial charge in [-0.25, -0.2) is 0 Å². The first kappa shape index (κ1) is 13.0. The summed E-state index contributed by atoms with van der Waals surface area (Å²) in [6.07, 6.45) is 11.4. The fourth-order valence-corrected chi connectivity index (χ4v) is 2.75. The van der Waals surface area contributed by atoms with E-state index in [-0.39, 0.29) is 0 Å². The number of unbranched alkanes of at least 4 members (excludes halogenated alkanes) is 1. The maximum atomic E-state index is 3.58. The minimum absolute atomic E-state index is 0.967. The van der Waals surface area contributed by atoms with Gasteiger partial charge in [0, 0.05) is 0 Å². The van der Waals surface area contributed by atoms with Gasteiger partial charge in [0.2, 0.25) is 0 Å². The maximum Gasteiger partial charge on any atom is -0.00204 e. The summed E-state index contributed by atoms with van der Waals surface area (Å²) in [5, 5.41) is 3.58. The zero-order valence-corrected chi connectivity index (χ0v) is 10.7. The number of hydrogen-bond donors (Lipinski definition) is 1. The normalized spacial score (nSPS) is 24.8. The summed E-state index contributed by atoms with van der Waals surface area (Å²) in [5.41, 5.74) is 0. The molecule has 90 valence electrons. The standard InChI is InChI=1S/C14H29N/c1-3-5-8-13(4-2)11-14-9-6-7-10-15-12-14/h13-15H,3-12H2,1-2H3. The molecule has 2 atom stereocenters. The van der Waals surface area contributed by atoms with Crippen LogP contribution >= 0.6 is 0 Å². The van der Waals surface area contributed by atoms with Crippen LogP contribution in [0.25, 0.3) is 0 Å². The molecule has 0 saturated carbocycles. The lowest BCUT2D eigenvalue weighted by Crippen LogP contribution is -2.22. The van der Waals surface area contributed by atoms with Crippen LogP contribution in [-0.2, 0) is 0 Å². The molecule has 1 heteroatoms. The van der Waals surface area contributed by atoms with Gasteiger partial charge in [-0.3, -0.25) is 0 Å². The van der Waals surface area contributed by atoms with Gasteiger partial charge in [0.25, 0.3) is 0 Å². The number of hydrogen-bond acceptors (Lipinski definition) is 1. The summed E-state index contributed by atoms with van der Waals surface area (Å²) in [4.78, 5) is 0. The maximum absolute atomic E-state index is 3.58. The van der Waals surface area contributed by atoms with Crippen LogP contribution in [0.1, 0.15) is 65.2 Å². The molecule has 1 aliphatic rings. The molecule has 15 heavy (non-hydrogen) atoms. The van der Waals surface area contributed by atoms with E-state index in [0.717, 1.165) is 11.8 Å². The van der Waals surface area contributed by atoms with Crippen molar-refractivity contribution in [2.45, 2.75) is 65.2 Å². The van der Waals surface area contributed by atoms with Crippen LogP contribution in [0.2, 0.25) is 0 Å². The van der Waals surface area contributed by atoms with Gasteiger partial charge in [0.1, 0.15) is 0 Å². The largest absolute Gasteiger partial charge is 0.316 e. The van der Waals surface area contributed by atoms with Gasteiger partial charge in [-0.15, -0.1) is 0 Å². The molecule has 0 amide bonds. The average Bonchev–Trinajstić information content (AvgIpc) is 2.52. The predicted octanol–water partition coefficient (Wildman–Crippen LogP) is 3.98. The Morgan fingerprint density at radius 3 is 2.87 bits per heavy atom. The van der Waals surface area contributed by atoms with Gasteiger partial charge in [-0.05, 0) is 44.2 Å².